The van der Waals surface area contributed by atoms with Gasteiger partial charge in [0.25, 0.3) is 0 Å². The van der Waals surface area contributed by atoms with Gasteiger partial charge < -0.3 is 5.32 Å². The van der Waals surface area contributed by atoms with E-state index in [-0.39, 0.29) is 16.8 Å². The molecule has 0 spiro atoms. The number of nitrogens with zero attached hydrogens (tertiary/aromatic N) is 1. The van der Waals surface area contributed by atoms with Crippen LogP contribution in [0, 0.1) is 0 Å². The number of nitrogens with one attached hydrogen (secondary N) is 1. The fourth-order valence-corrected chi connectivity index (χ4v) is 3.13. The van der Waals surface area contributed by atoms with Crippen LogP contribution in [-0.4, -0.2) is 56.0 Å². The first-order valence-corrected chi connectivity index (χ1v) is 8.82. The third-order valence-corrected chi connectivity index (χ3v) is 5.03. The molecule has 0 saturated carbocycles. The van der Waals surface area contributed by atoms with Crippen LogP contribution in [-0.2, 0) is 9.84 Å². The fourth-order valence-electron chi connectivity index (χ4n) is 2.48. The monoisotopic (exact) mass is 276 g/mol. The fraction of sp³-hybridized carbons (Fsp3) is 1.00. The Kier molecular flexibility index (Phi) is 4.84. The van der Waals surface area contributed by atoms with Crippen molar-refractivity contribution in [3.05, 3.63) is 0 Å². The van der Waals surface area contributed by atoms with E-state index in [1.807, 2.05) is 0 Å². The quantitative estimate of drug-likeness (QED) is 0.822. The molecule has 1 unspecified atom stereocenters. The summed E-state index contributed by atoms with van der Waals surface area (Å²) in [5, 5.41) is 3.58. The largest absolute Gasteiger partial charge is 0.309 e. The summed E-state index contributed by atoms with van der Waals surface area (Å²) in [4.78, 5) is 2.45. The van der Waals surface area contributed by atoms with Gasteiger partial charge in [0.05, 0.1) is 5.75 Å². The van der Waals surface area contributed by atoms with Gasteiger partial charge in [-0.15, -0.1) is 0 Å². The van der Waals surface area contributed by atoms with E-state index in [9.17, 15) is 8.42 Å². The van der Waals surface area contributed by atoms with E-state index in [1.165, 1.54) is 6.26 Å². The first kappa shape index (κ1) is 15.9. The van der Waals surface area contributed by atoms with Crippen molar-refractivity contribution in [1.29, 1.82) is 0 Å². The Bertz CT molecular complexity index is 378. The van der Waals surface area contributed by atoms with Gasteiger partial charge >= 0.3 is 0 Å². The zero-order chi connectivity index (χ0) is 14.0. The Balaban J connectivity index is 2.63. The summed E-state index contributed by atoms with van der Waals surface area (Å²) in [7, 11) is -2.84. The number of sulfone groups is 1. The van der Waals surface area contributed by atoms with Gasteiger partial charge in [-0.3, -0.25) is 4.90 Å². The summed E-state index contributed by atoms with van der Waals surface area (Å²) >= 11 is 0. The Labute approximate surface area is 112 Å². The Morgan fingerprint density at radius 3 is 2.39 bits per heavy atom. The summed E-state index contributed by atoms with van der Waals surface area (Å²) in [6.07, 6.45) is 3.12. The lowest BCUT2D eigenvalue weighted by Crippen LogP contribution is -2.67. The van der Waals surface area contributed by atoms with Gasteiger partial charge in [-0.05, 0) is 40.2 Å². The van der Waals surface area contributed by atoms with Crippen LogP contribution in [0.1, 0.15) is 40.5 Å². The minimum Gasteiger partial charge on any atom is -0.309 e. The molecule has 0 radical (unpaired) electrons. The van der Waals surface area contributed by atoms with Gasteiger partial charge in [0, 0.05) is 30.4 Å². The van der Waals surface area contributed by atoms with Gasteiger partial charge in [-0.25, -0.2) is 8.42 Å². The molecule has 1 heterocycles. The maximum atomic E-state index is 11.2. The van der Waals surface area contributed by atoms with Crippen molar-refractivity contribution in [2.24, 2.45) is 0 Å². The second-order valence-electron chi connectivity index (χ2n) is 6.49. The second kappa shape index (κ2) is 5.47. The van der Waals surface area contributed by atoms with Gasteiger partial charge in [0.1, 0.15) is 9.84 Å². The Morgan fingerprint density at radius 1 is 1.28 bits per heavy atom. The number of piperazine rings is 1. The van der Waals surface area contributed by atoms with Crippen LogP contribution in [0.15, 0.2) is 0 Å². The lowest BCUT2D eigenvalue weighted by Gasteiger charge is -2.51. The molecule has 0 aromatic rings. The van der Waals surface area contributed by atoms with Gasteiger partial charge in [-0.2, -0.15) is 0 Å². The summed E-state index contributed by atoms with van der Waals surface area (Å²) in [5.41, 5.74) is 0.257. The molecule has 0 amide bonds. The molecule has 5 heteroatoms. The van der Waals surface area contributed by atoms with Gasteiger partial charge in [-0.1, -0.05) is 6.92 Å². The Hall–Kier alpha value is -0.130. The Morgan fingerprint density at radius 2 is 1.89 bits per heavy atom. The number of rotatable bonds is 5. The zero-order valence-electron chi connectivity index (χ0n) is 12.4. The van der Waals surface area contributed by atoms with E-state index in [0.717, 1.165) is 32.5 Å². The molecule has 0 aromatic heterocycles. The highest BCUT2D eigenvalue weighted by Crippen LogP contribution is 2.26. The molecule has 0 aliphatic carbocycles. The standard InChI is InChI=1S/C13H28N2O2S/c1-6-13(4)10-14-12(2,3)11-15(13)8-7-9-18(5,16)17/h14H,6-11H2,1-5H3. The van der Waals surface area contributed by atoms with Crippen molar-refractivity contribution in [2.75, 3.05) is 31.6 Å². The number of hydrogen-bond acceptors (Lipinski definition) is 4. The summed E-state index contributed by atoms with van der Waals surface area (Å²) in [5.74, 6) is 0.289. The third kappa shape index (κ3) is 4.52. The van der Waals surface area contributed by atoms with Crippen molar-refractivity contribution >= 4 is 9.84 Å². The maximum Gasteiger partial charge on any atom is 0.147 e. The highest BCUT2D eigenvalue weighted by atomic mass is 32.2. The van der Waals surface area contributed by atoms with Crippen LogP contribution in [0.5, 0.6) is 0 Å². The van der Waals surface area contributed by atoms with Crippen molar-refractivity contribution in [2.45, 2.75) is 51.6 Å². The maximum absolute atomic E-state index is 11.2. The zero-order valence-corrected chi connectivity index (χ0v) is 13.2. The predicted molar refractivity (Wildman–Crippen MR) is 76.7 cm³/mol. The smallest absolute Gasteiger partial charge is 0.147 e. The molecular formula is C13H28N2O2S. The van der Waals surface area contributed by atoms with Crippen LogP contribution in [0.3, 0.4) is 0 Å². The van der Waals surface area contributed by atoms with Crippen LogP contribution in [0.25, 0.3) is 0 Å². The summed E-state index contributed by atoms with van der Waals surface area (Å²) in [6, 6.07) is 0. The second-order valence-corrected chi connectivity index (χ2v) is 8.75. The predicted octanol–water partition coefficient (Wildman–Crippen LogP) is 1.27. The SMILES string of the molecule is CCC1(C)CNC(C)(C)CN1CCCS(C)(=O)=O. The highest BCUT2D eigenvalue weighted by Gasteiger charge is 2.39. The minimum atomic E-state index is -2.84. The highest BCUT2D eigenvalue weighted by molar-refractivity contribution is 7.90. The molecule has 1 N–H and O–H groups in total. The molecule has 1 aliphatic rings. The summed E-state index contributed by atoms with van der Waals surface area (Å²) < 4.78 is 22.4. The average Bonchev–Trinajstić information content (AvgIpc) is 2.21. The third-order valence-electron chi connectivity index (χ3n) is 4.00. The van der Waals surface area contributed by atoms with Crippen molar-refractivity contribution < 1.29 is 8.42 Å². The molecule has 1 atom stereocenters. The van der Waals surface area contributed by atoms with E-state index >= 15 is 0 Å². The van der Waals surface area contributed by atoms with E-state index < -0.39 is 9.84 Å². The van der Waals surface area contributed by atoms with Crippen molar-refractivity contribution in [3.63, 3.8) is 0 Å². The molecule has 1 rings (SSSR count). The summed E-state index contributed by atoms with van der Waals surface area (Å²) in [6.45, 7) is 11.7. The molecular weight excluding hydrogens is 248 g/mol. The topological polar surface area (TPSA) is 49.4 Å². The van der Waals surface area contributed by atoms with E-state index in [4.69, 9.17) is 0 Å². The van der Waals surface area contributed by atoms with E-state index in [0.29, 0.717) is 0 Å². The first-order valence-electron chi connectivity index (χ1n) is 6.76. The van der Waals surface area contributed by atoms with Crippen molar-refractivity contribution in [1.82, 2.24) is 10.2 Å². The minimum absolute atomic E-state index is 0.111. The molecule has 0 bridgehead atoms. The normalized spacial score (nSPS) is 29.4. The van der Waals surface area contributed by atoms with Gasteiger partial charge in [0.2, 0.25) is 0 Å². The van der Waals surface area contributed by atoms with Crippen LogP contribution >= 0.6 is 0 Å². The first-order chi connectivity index (χ1) is 8.08. The van der Waals surface area contributed by atoms with Crippen LogP contribution in [0.4, 0.5) is 0 Å². The molecule has 1 fully saturated rings. The average molecular weight is 276 g/mol. The molecule has 18 heavy (non-hydrogen) atoms. The molecule has 1 saturated heterocycles. The van der Waals surface area contributed by atoms with E-state index in [1.54, 1.807) is 0 Å². The van der Waals surface area contributed by atoms with Crippen molar-refractivity contribution in [3.8, 4) is 0 Å². The molecule has 4 nitrogen and oxygen atoms in total. The molecule has 0 aromatic carbocycles. The number of hydrogen-bond donors (Lipinski definition) is 1. The van der Waals surface area contributed by atoms with Crippen LogP contribution < -0.4 is 5.32 Å². The lowest BCUT2D eigenvalue weighted by molar-refractivity contribution is 0.0247. The molecule has 1 aliphatic heterocycles. The lowest BCUT2D eigenvalue weighted by atomic mass is 9.88. The molecule has 108 valence electrons. The van der Waals surface area contributed by atoms with Crippen LogP contribution in [0.2, 0.25) is 0 Å². The van der Waals surface area contributed by atoms with E-state index in [2.05, 4.69) is 37.9 Å². The van der Waals surface area contributed by atoms with Gasteiger partial charge in [0.15, 0.2) is 0 Å².